The number of nitrogens with one attached hydrogen (secondary N) is 2. The Morgan fingerprint density at radius 2 is 2.04 bits per heavy atom. The average Bonchev–Trinajstić information content (AvgIpc) is 2.92. The number of urea groups is 1. The number of nitrogens with zero attached hydrogens (tertiary/aromatic N) is 4. The molecule has 0 aliphatic heterocycles. The maximum Gasteiger partial charge on any atom is 0.319 e. The number of rotatable bonds is 3. The highest BCUT2D eigenvalue weighted by molar-refractivity contribution is 5.89. The van der Waals surface area contributed by atoms with Crippen LogP contribution in [0.4, 0.5) is 10.5 Å². The first-order valence-corrected chi connectivity index (χ1v) is 8.10. The molecule has 1 fully saturated rings. The first-order valence-electron chi connectivity index (χ1n) is 8.10. The van der Waals surface area contributed by atoms with Crippen LogP contribution in [0, 0.1) is 5.92 Å². The summed E-state index contributed by atoms with van der Waals surface area (Å²) in [5, 5.41) is 10.0. The SMILES string of the molecule is C[C@H]1CCC[C@@H](NC(=O)Nc2cnn(-c3ncccn3)c2)CC1. The van der Waals surface area contributed by atoms with Gasteiger partial charge in [0.2, 0.25) is 5.95 Å². The molecule has 1 saturated carbocycles. The molecular formula is C16H22N6O. The molecule has 2 amide bonds. The second-order valence-corrected chi connectivity index (χ2v) is 6.13. The van der Waals surface area contributed by atoms with Crippen molar-refractivity contribution in [2.24, 2.45) is 5.92 Å². The van der Waals surface area contributed by atoms with Gasteiger partial charge in [-0.1, -0.05) is 19.8 Å². The molecule has 0 aromatic carbocycles. The largest absolute Gasteiger partial charge is 0.335 e. The fourth-order valence-electron chi connectivity index (χ4n) is 2.89. The molecular weight excluding hydrogens is 292 g/mol. The number of hydrogen-bond donors (Lipinski definition) is 2. The minimum absolute atomic E-state index is 0.182. The summed E-state index contributed by atoms with van der Waals surface area (Å²) in [6.45, 7) is 2.28. The van der Waals surface area contributed by atoms with Gasteiger partial charge in [0.15, 0.2) is 0 Å². The highest BCUT2D eigenvalue weighted by atomic mass is 16.2. The normalized spacial score (nSPS) is 21.4. The van der Waals surface area contributed by atoms with E-state index >= 15 is 0 Å². The van der Waals surface area contributed by atoms with Gasteiger partial charge < -0.3 is 10.6 Å². The van der Waals surface area contributed by atoms with Crippen LogP contribution in [0.2, 0.25) is 0 Å². The van der Waals surface area contributed by atoms with Crippen LogP contribution < -0.4 is 10.6 Å². The fraction of sp³-hybridized carbons (Fsp3) is 0.500. The summed E-state index contributed by atoms with van der Waals surface area (Å²) in [6.07, 6.45) is 12.3. The zero-order valence-electron chi connectivity index (χ0n) is 13.3. The Labute approximate surface area is 135 Å². The second kappa shape index (κ2) is 7.21. The molecule has 2 aromatic heterocycles. The Hall–Kier alpha value is -2.44. The molecule has 0 bridgehead atoms. The van der Waals surface area contributed by atoms with Crippen LogP contribution in [0.15, 0.2) is 30.9 Å². The van der Waals surface area contributed by atoms with Gasteiger partial charge in [0.05, 0.1) is 18.1 Å². The highest BCUT2D eigenvalue weighted by Gasteiger charge is 2.18. The summed E-state index contributed by atoms with van der Waals surface area (Å²) in [5.74, 6) is 1.23. The predicted molar refractivity (Wildman–Crippen MR) is 87.3 cm³/mol. The van der Waals surface area contributed by atoms with E-state index in [1.165, 1.54) is 23.9 Å². The molecule has 2 aromatic rings. The van der Waals surface area contributed by atoms with E-state index in [0.29, 0.717) is 11.6 Å². The number of aromatic nitrogens is 4. The molecule has 1 aliphatic carbocycles. The minimum Gasteiger partial charge on any atom is -0.335 e. The van der Waals surface area contributed by atoms with Crippen molar-refractivity contribution in [1.82, 2.24) is 25.1 Å². The lowest BCUT2D eigenvalue weighted by Gasteiger charge is -2.16. The van der Waals surface area contributed by atoms with E-state index in [9.17, 15) is 4.79 Å². The maximum absolute atomic E-state index is 12.1. The van der Waals surface area contributed by atoms with Gasteiger partial charge in [-0.3, -0.25) is 0 Å². The molecule has 0 unspecified atom stereocenters. The molecule has 7 heteroatoms. The molecule has 7 nitrogen and oxygen atoms in total. The Bertz CT molecular complexity index is 641. The van der Waals surface area contributed by atoms with Crippen molar-refractivity contribution in [2.75, 3.05) is 5.32 Å². The third-order valence-corrected chi connectivity index (χ3v) is 4.19. The third kappa shape index (κ3) is 4.28. The second-order valence-electron chi connectivity index (χ2n) is 6.13. The highest BCUT2D eigenvalue weighted by Crippen LogP contribution is 2.22. The summed E-state index contributed by atoms with van der Waals surface area (Å²) in [7, 11) is 0. The van der Waals surface area contributed by atoms with Crippen LogP contribution in [0.1, 0.15) is 39.0 Å². The van der Waals surface area contributed by atoms with E-state index in [0.717, 1.165) is 18.8 Å². The van der Waals surface area contributed by atoms with Gasteiger partial charge in [0.1, 0.15) is 0 Å². The topological polar surface area (TPSA) is 84.7 Å². The smallest absolute Gasteiger partial charge is 0.319 e. The first-order chi connectivity index (χ1) is 11.2. The maximum atomic E-state index is 12.1. The van der Waals surface area contributed by atoms with Gasteiger partial charge in [-0.25, -0.2) is 19.4 Å². The van der Waals surface area contributed by atoms with Crippen LogP contribution in [0.25, 0.3) is 5.95 Å². The van der Waals surface area contributed by atoms with Crippen molar-refractivity contribution >= 4 is 11.7 Å². The van der Waals surface area contributed by atoms with Crippen molar-refractivity contribution in [3.05, 3.63) is 30.9 Å². The van der Waals surface area contributed by atoms with Gasteiger partial charge in [0, 0.05) is 18.4 Å². The molecule has 2 heterocycles. The summed E-state index contributed by atoms with van der Waals surface area (Å²) in [4.78, 5) is 20.4. The Balaban J connectivity index is 1.55. The zero-order valence-corrected chi connectivity index (χ0v) is 13.3. The number of anilines is 1. The third-order valence-electron chi connectivity index (χ3n) is 4.19. The molecule has 1 aliphatic rings. The van der Waals surface area contributed by atoms with E-state index < -0.39 is 0 Å². The molecule has 2 N–H and O–H groups in total. The summed E-state index contributed by atoms with van der Waals surface area (Å²) in [6, 6.07) is 1.82. The standard InChI is InChI=1S/C16H22N6O/c1-12-4-2-5-13(7-6-12)20-16(23)21-14-10-19-22(11-14)15-17-8-3-9-18-15/h3,8-13H,2,4-7H2,1H3,(H2,20,21,23)/t12-,13+/m0/s1. The minimum atomic E-state index is -0.182. The Kier molecular flexibility index (Phi) is 4.85. The molecule has 0 saturated heterocycles. The Morgan fingerprint density at radius 1 is 1.22 bits per heavy atom. The van der Waals surface area contributed by atoms with Gasteiger partial charge in [-0.2, -0.15) is 5.10 Å². The zero-order chi connectivity index (χ0) is 16.1. The molecule has 3 rings (SSSR count). The lowest BCUT2D eigenvalue weighted by molar-refractivity contribution is 0.247. The van der Waals surface area contributed by atoms with E-state index in [4.69, 9.17) is 0 Å². The molecule has 23 heavy (non-hydrogen) atoms. The Morgan fingerprint density at radius 3 is 2.87 bits per heavy atom. The average molecular weight is 314 g/mol. The van der Waals surface area contributed by atoms with Crippen molar-refractivity contribution in [1.29, 1.82) is 0 Å². The van der Waals surface area contributed by atoms with Crippen molar-refractivity contribution in [3.8, 4) is 5.95 Å². The van der Waals surface area contributed by atoms with Crippen LogP contribution >= 0.6 is 0 Å². The van der Waals surface area contributed by atoms with Gasteiger partial charge in [-0.05, 0) is 31.2 Å². The summed E-state index contributed by atoms with van der Waals surface area (Å²) >= 11 is 0. The van der Waals surface area contributed by atoms with E-state index in [1.54, 1.807) is 30.9 Å². The van der Waals surface area contributed by atoms with Crippen molar-refractivity contribution < 1.29 is 4.79 Å². The van der Waals surface area contributed by atoms with E-state index in [-0.39, 0.29) is 12.1 Å². The predicted octanol–water partition coefficient (Wildman–Crippen LogP) is 2.75. The quantitative estimate of drug-likeness (QED) is 0.853. The molecule has 0 spiro atoms. The first kappa shape index (κ1) is 15.5. The van der Waals surface area contributed by atoms with Crippen LogP contribution in [0.5, 0.6) is 0 Å². The summed E-state index contributed by atoms with van der Waals surface area (Å²) < 4.78 is 1.53. The number of carbonyl (C=O) groups is 1. The van der Waals surface area contributed by atoms with Crippen molar-refractivity contribution in [3.63, 3.8) is 0 Å². The van der Waals surface area contributed by atoms with Gasteiger partial charge in [0.25, 0.3) is 0 Å². The van der Waals surface area contributed by atoms with E-state index in [2.05, 4.69) is 32.6 Å². The summed E-state index contributed by atoms with van der Waals surface area (Å²) in [5.41, 5.74) is 0.622. The lowest BCUT2D eigenvalue weighted by Crippen LogP contribution is -2.37. The van der Waals surface area contributed by atoms with Gasteiger partial charge in [-0.15, -0.1) is 0 Å². The number of amides is 2. The molecule has 0 radical (unpaired) electrons. The number of carbonyl (C=O) groups excluding carboxylic acids is 1. The van der Waals surface area contributed by atoms with Crippen LogP contribution in [-0.4, -0.2) is 31.8 Å². The number of hydrogen-bond acceptors (Lipinski definition) is 4. The van der Waals surface area contributed by atoms with Crippen LogP contribution in [0.3, 0.4) is 0 Å². The van der Waals surface area contributed by atoms with Crippen LogP contribution in [-0.2, 0) is 0 Å². The van der Waals surface area contributed by atoms with Crippen molar-refractivity contribution in [2.45, 2.75) is 45.1 Å². The van der Waals surface area contributed by atoms with E-state index in [1.807, 2.05) is 0 Å². The molecule has 2 atom stereocenters. The monoisotopic (exact) mass is 314 g/mol. The van der Waals surface area contributed by atoms with Gasteiger partial charge >= 0.3 is 6.03 Å². The molecule has 122 valence electrons. The lowest BCUT2D eigenvalue weighted by atomic mass is 10.0. The fourth-order valence-corrected chi connectivity index (χ4v) is 2.89.